The van der Waals surface area contributed by atoms with Crippen molar-refractivity contribution in [3.05, 3.63) is 23.2 Å². The number of alkyl halides is 3. The summed E-state index contributed by atoms with van der Waals surface area (Å²) in [6, 6.07) is 4.32. The van der Waals surface area contributed by atoms with E-state index in [0.29, 0.717) is 17.6 Å². The first kappa shape index (κ1) is 19.1. The van der Waals surface area contributed by atoms with Crippen LogP contribution in [0.15, 0.2) is 23.1 Å². The highest BCUT2D eigenvalue weighted by Gasteiger charge is 2.55. The summed E-state index contributed by atoms with van der Waals surface area (Å²) >= 11 is 7.20. The molecule has 0 spiro atoms. The van der Waals surface area contributed by atoms with Crippen molar-refractivity contribution in [1.29, 1.82) is 0 Å². The van der Waals surface area contributed by atoms with Gasteiger partial charge in [0.1, 0.15) is 0 Å². The van der Waals surface area contributed by atoms with Crippen LogP contribution in [0.25, 0.3) is 0 Å². The van der Waals surface area contributed by atoms with Crippen molar-refractivity contribution in [3.8, 4) is 0 Å². The number of benzene rings is 1. The van der Waals surface area contributed by atoms with Crippen LogP contribution in [0, 0.1) is 0 Å². The lowest BCUT2D eigenvalue weighted by Crippen LogP contribution is -2.52. The van der Waals surface area contributed by atoms with Crippen molar-refractivity contribution >= 4 is 35.0 Å². The monoisotopic (exact) mass is 357 g/mol. The summed E-state index contributed by atoms with van der Waals surface area (Å²) in [5.41, 5.74) is -3.56. The second-order valence-electron chi connectivity index (χ2n) is 4.83. The predicted molar refractivity (Wildman–Crippen MR) is 79.2 cm³/mol. The van der Waals surface area contributed by atoms with Gasteiger partial charge in [0.25, 0.3) is 5.91 Å². The minimum Gasteiger partial charge on any atom is -0.393 e. The number of anilines is 1. The SMILES string of the molecule is CC(O)CSc1ccc(NC(=O)[C@@](C)(O)C(F)(F)F)c(Cl)c1. The maximum atomic E-state index is 12.6. The Labute approximate surface area is 134 Å². The molecule has 0 aliphatic rings. The fourth-order valence-electron chi connectivity index (χ4n) is 1.28. The van der Waals surface area contributed by atoms with E-state index in [-0.39, 0.29) is 10.7 Å². The fraction of sp³-hybridized carbons (Fsp3) is 0.462. The number of aliphatic hydroxyl groups excluding tert-OH is 1. The quantitative estimate of drug-likeness (QED) is 0.708. The van der Waals surface area contributed by atoms with Gasteiger partial charge in [-0.1, -0.05) is 11.6 Å². The van der Waals surface area contributed by atoms with E-state index >= 15 is 0 Å². The Morgan fingerprint density at radius 3 is 2.50 bits per heavy atom. The Bertz CT molecular complexity index is 550. The first-order chi connectivity index (χ1) is 9.95. The number of rotatable bonds is 5. The molecule has 0 saturated heterocycles. The van der Waals surface area contributed by atoms with E-state index in [1.807, 2.05) is 5.32 Å². The van der Waals surface area contributed by atoms with Gasteiger partial charge in [0.2, 0.25) is 5.60 Å². The van der Waals surface area contributed by atoms with Gasteiger partial charge in [0.05, 0.1) is 16.8 Å². The molecule has 0 aliphatic carbocycles. The normalized spacial score (nSPS) is 16.0. The van der Waals surface area contributed by atoms with Crippen molar-refractivity contribution < 1.29 is 28.2 Å². The zero-order valence-corrected chi connectivity index (χ0v) is 13.3. The van der Waals surface area contributed by atoms with E-state index in [4.69, 9.17) is 11.6 Å². The van der Waals surface area contributed by atoms with Crippen LogP contribution in [-0.4, -0.2) is 39.8 Å². The molecule has 1 amide bonds. The van der Waals surface area contributed by atoms with Crippen molar-refractivity contribution in [2.75, 3.05) is 11.1 Å². The van der Waals surface area contributed by atoms with E-state index < -0.39 is 23.8 Å². The first-order valence-electron chi connectivity index (χ1n) is 6.16. The molecule has 22 heavy (non-hydrogen) atoms. The van der Waals surface area contributed by atoms with Crippen molar-refractivity contribution in [2.45, 2.75) is 36.6 Å². The molecule has 0 aromatic heterocycles. The average Bonchev–Trinajstić information content (AvgIpc) is 2.37. The lowest BCUT2D eigenvalue weighted by atomic mass is 10.1. The van der Waals surface area contributed by atoms with Gasteiger partial charge in [0, 0.05) is 10.6 Å². The number of hydrogen-bond acceptors (Lipinski definition) is 4. The highest BCUT2D eigenvalue weighted by Crippen LogP contribution is 2.33. The zero-order chi connectivity index (χ0) is 17.1. The number of thioether (sulfide) groups is 1. The van der Waals surface area contributed by atoms with Gasteiger partial charge in [0.15, 0.2) is 0 Å². The molecule has 1 unspecified atom stereocenters. The molecule has 1 rings (SSSR count). The summed E-state index contributed by atoms with van der Waals surface area (Å²) in [6.45, 7) is 1.98. The van der Waals surface area contributed by atoms with Crippen LogP contribution in [0.4, 0.5) is 18.9 Å². The maximum absolute atomic E-state index is 12.6. The van der Waals surface area contributed by atoms with Gasteiger partial charge >= 0.3 is 6.18 Å². The van der Waals surface area contributed by atoms with Gasteiger partial charge in [-0.2, -0.15) is 13.2 Å². The Balaban J connectivity index is 2.85. The van der Waals surface area contributed by atoms with Crippen molar-refractivity contribution in [2.24, 2.45) is 0 Å². The van der Waals surface area contributed by atoms with Crippen LogP contribution >= 0.6 is 23.4 Å². The van der Waals surface area contributed by atoms with E-state index in [9.17, 15) is 28.2 Å². The molecule has 1 aromatic rings. The number of nitrogens with one attached hydrogen (secondary N) is 1. The Morgan fingerprint density at radius 2 is 2.05 bits per heavy atom. The van der Waals surface area contributed by atoms with Crippen LogP contribution in [0.3, 0.4) is 0 Å². The molecule has 2 atom stereocenters. The molecule has 124 valence electrons. The highest BCUT2D eigenvalue weighted by atomic mass is 35.5. The lowest BCUT2D eigenvalue weighted by molar-refractivity contribution is -0.242. The summed E-state index contributed by atoms with van der Waals surface area (Å²) in [5.74, 6) is -1.20. The molecule has 1 aromatic carbocycles. The molecule has 0 bridgehead atoms. The van der Waals surface area contributed by atoms with E-state index in [0.717, 1.165) is 0 Å². The third kappa shape index (κ3) is 4.77. The predicted octanol–water partition coefficient (Wildman–Crippen LogP) is 3.06. The van der Waals surface area contributed by atoms with Gasteiger partial charge in [-0.25, -0.2) is 0 Å². The summed E-state index contributed by atoms with van der Waals surface area (Å²) in [5, 5.41) is 20.4. The topological polar surface area (TPSA) is 69.6 Å². The molecule has 9 heteroatoms. The Morgan fingerprint density at radius 1 is 1.45 bits per heavy atom. The molecule has 0 aliphatic heterocycles. The Hall–Kier alpha value is -0.960. The molecule has 0 saturated carbocycles. The number of carbonyl (C=O) groups is 1. The van der Waals surface area contributed by atoms with E-state index in [1.165, 1.54) is 30.0 Å². The maximum Gasteiger partial charge on any atom is 0.426 e. The van der Waals surface area contributed by atoms with Crippen LogP contribution in [0.2, 0.25) is 5.02 Å². The molecule has 3 N–H and O–H groups in total. The minimum absolute atomic E-state index is 0.0296. The third-order valence-electron chi connectivity index (χ3n) is 2.67. The first-order valence-corrected chi connectivity index (χ1v) is 7.52. The van der Waals surface area contributed by atoms with E-state index in [1.54, 1.807) is 6.92 Å². The lowest BCUT2D eigenvalue weighted by Gasteiger charge is -2.25. The summed E-state index contributed by atoms with van der Waals surface area (Å²) in [6.07, 6.45) is -5.62. The smallest absolute Gasteiger partial charge is 0.393 e. The van der Waals surface area contributed by atoms with Gasteiger partial charge in [-0.05, 0) is 32.0 Å². The second-order valence-corrected chi connectivity index (χ2v) is 6.33. The van der Waals surface area contributed by atoms with Crippen molar-refractivity contribution in [3.63, 3.8) is 0 Å². The molecular formula is C13H15ClF3NO3S. The number of halogens is 4. The van der Waals surface area contributed by atoms with Crippen LogP contribution < -0.4 is 5.32 Å². The van der Waals surface area contributed by atoms with Crippen molar-refractivity contribution in [1.82, 2.24) is 0 Å². The molecule has 0 radical (unpaired) electrons. The highest BCUT2D eigenvalue weighted by molar-refractivity contribution is 7.99. The van der Waals surface area contributed by atoms with Crippen LogP contribution in [0.1, 0.15) is 13.8 Å². The van der Waals surface area contributed by atoms with Gasteiger partial charge in [-0.3, -0.25) is 4.79 Å². The fourth-order valence-corrected chi connectivity index (χ4v) is 2.37. The average molecular weight is 358 g/mol. The number of hydrogen-bond donors (Lipinski definition) is 3. The molecule has 0 fully saturated rings. The van der Waals surface area contributed by atoms with Gasteiger partial charge < -0.3 is 15.5 Å². The third-order valence-corrected chi connectivity index (χ3v) is 4.22. The second kappa shape index (κ2) is 7.08. The van der Waals surface area contributed by atoms with E-state index in [2.05, 4.69) is 0 Å². The number of aliphatic hydroxyl groups is 2. The zero-order valence-electron chi connectivity index (χ0n) is 11.7. The minimum atomic E-state index is -5.10. The summed E-state index contributed by atoms with van der Waals surface area (Å²) < 4.78 is 37.7. The molecular weight excluding hydrogens is 343 g/mol. The summed E-state index contributed by atoms with van der Waals surface area (Å²) in [4.78, 5) is 12.2. The van der Waals surface area contributed by atoms with Crippen LogP contribution in [0.5, 0.6) is 0 Å². The largest absolute Gasteiger partial charge is 0.426 e. The number of carbonyl (C=O) groups excluding carboxylic acids is 1. The Kier molecular flexibility index (Phi) is 6.14. The summed E-state index contributed by atoms with van der Waals surface area (Å²) in [7, 11) is 0. The standard InChI is InChI=1S/C13H15ClF3NO3S/c1-7(19)6-22-8-3-4-10(9(14)5-8)18-11(20)12(2,21)13(15,16)17/h3-5,7,19,21H,6H2,1-2H3,(H,18,20)/t7?,12-/m1/s1. The van der Waals surface area contributed by atoms with Crippen LogP contribution in [-0.2, 0) is 4.79 Å². The molecule has 4 nitrogen and oxygen atoms in total. The number of amides is 1. The molecule has 0 heterocycles. The van der Waals surface area contributed by atoms with Gasteiger partial charge in [-0.15, -0.1) is 11.8 Å².